The van der Waals surface area contributed by atoms with Crippen LogP contribution in [0.3, 0.4) is 0 Å². The molecule has 136 valence electrons. The summed E-state index contributed by atoms with van der Waals surface area (Å²) in [7, 11) is 0. The molecule has 1 saturated heterocycles. The number of hydrogen-bond donors (Lipinski definition) is 1. The van der Waals surface area contributed by atoms with E-state index in [1.165, 1.54) is 11.1 Å². The van der Waals surface area contributed by atoms with Gasteiger partial charge in [-0.25, -0.2) is 0 Å². The lowest BCUT2D eigenvalue weighted by Crippen LogP contribution is -2.50. The van der Waals surface area contributed by atoms with Crippen molar-refractivity contribution in [3.63, 3.8) is 0 Å². The summed E-state index contributed by atoms with van der Waals surface area (Å²) in [5.74, 6) is 0.0146. The number of aryl methyl sites for hydroxylation is 1. The third-order valence-corrected chi connectivity index (χ3v) is 4.61. The fraction of sp³-hybridized carbons (Fsp3) is 0.350. The molecule has 0 saturated carbocycles. The maximum absolute atomic E-state index is 12.7. The van der Waals surface area contributed by atoms with Crippen LogP contribution in [-0.2, 0) is 11.3 Å². The molecule has 1 aliphatic rings. The van der Waals surface area contributed by atoms with Crippen LogP contribution >= 0.6 is 0 Å². The number of pyridine rings is 1. The van der Waals surface area contributed by atoms with E-state index in [0.717, 1.165) is 5.69 Å². The molecule has 1 fully saturated rings. The lowest BCUT2D eigenvalue weighted by Gasteiger charge is -2.34. The molecule has 0 unspecified atom stereocenters. The number of rotatable bonds is 4. The summed E-state index contributed by atoms with van der Waals surface area (Å²) >= 11 is 0. The predicted octanol–water partition coefficient (Wildman–Crippen LogP) is 2.31. The minimum Gasteiger partial charge on any atom is -0.380 e. The van der Waals surface area contributed by atoms with Crippen molar-refractivity contribution < 1.29 is 9.59 Å². The van der Waals surface area contributed by atoms with Crippen LogP contribution in [0.25, 0.3) is 0 Å². The highest BCUT2D eigenvalue weighted by molar-refractivity contribution is 5.95. The van der Waals surface area contributed by atoms with E-state index < -0.39 is 0 Å². The predicted molar refractivity (Wildman–Crippen MR) is 101 cm³/mol. The summed E-state index contributed by atoms with van der Waals surface area (Å²) in [5, 5.41) is 3.31. The second-order valence-electron chi connectivity index (χ2n) is 6.60. The highest BCUT2D eigenvalue weighted by Gasteiger charge is 2.23. The maximum Gasteiger partial charge on any atom is 0.255 e. The number of anilines is 1. The molecule has 26 heavy (non-hydrogen) atoms. The number of carbonyl (C=O) groups is 2. The fourth-order valence-corrected chi connectivity index (χ4v) is 2.97. The molecule has 0 aliphatic carbocycles. The molecule has 3 rings (SSSR count). The van der Waals surface area contributed by atoms with Crippen molar-refractivity contribution in [3.05, 3.63) is 59.4 Å². The van der Waals surface area contributed by atoms with Gasteiger partial charge in [-0.3, -0.25) is 14.6 Å². The third kappa shape index (κ3) is 4.39. The first kappa shape index (κ1) is 17.9. The Labute approximate surface area is 153 Å². The minimum absolute atomic E-state index is 0.0420. The number of piperazine rings is 1. The summed E-state index contributed by atoms with van der Waals surface area (Å²) in [4.78, 5) is 31.8. The average molecular weight is 352 g/mol. The Morgan fingerprint density at radius 3 is 2.35 bits per heavy atom. The van der Waals surface area contributed by atoms with Crippen LogP contribution in [-0.4, -0.2) is 52.8 Å². The van der Waals surface area contributed by atoms with Gasteiger partial charge in [0.2, 0.25) is 5.91 Å². The average Bonchev–Trinajstić information content (AvgIpc) is 2.67. The molecule has 1 aromatic heterocycles. The van der Waals surface area contributed by atoms with Gasteiger partial charge in [-0.2, -0.15) is 0 Å². The zero-order valence-corrected chi connectivity index (χ0v) is 15.2. The Kier molecular flexibility index (Phi) is 5.51. The van der Waals surface area contributed by atoms with Crippen molar-refractivity contribution in [1.82, 2.24) is 14.8 Å². The quantitative estimate of drug-likeness (QED) is 0.917. The van der Waals surface area contributed by atoms with E-state index in [1.807, 2.05) is 6.07 Å². The summed E-state index contributed by atoms with van der Waals surface area (Å²) in [6.45, 7) is 6.58. The van der Waals surface area contributed by atoms with Gasteiger partial charge >= 0.3 is 0 Å². The van der Waals surface area contributed by atoms with Gasteiger partial charge in [0.25, 0.3) is 5.91 Å². The van der Waals surface area contributed by atoms with Crippen LogP contribution < -0.4 is 5.32 Å². The van der Waals surface area contributed by atoms with Crippen LogP contribution in [0.4, 0.5) is 5.69 Å². The van der Waals surface area contributed by atoms with Crippen molar-refractivity contribution >= 4 is 17.5 Å². The van der Waals surface area contributed by atoms with Crippen molar-refractivity contribution in [2.24, 2.45) is 0 Å². The number of nitrogens with one attached hydrogen (secondary N) is 1. The monoisotopic (exact) mass is 352 g/mol. The number of aromatic nitrogens is 1. The molecule has 0 radical (unpaired) electrons. The van der Waals surface area contributed by atoms with E-state index >= 15 is 0 Å². The summed E-state index contributed by atoms with van der Waals surface area (Å²) in [6.07, 6.45) is 3.31. The second-order valence-corrected chi connectivity index (χ2v) is 6.60. The SMILES string of the molecule is CC(=O)N1CCN(C(=O)c2cncc(NCc3ccc(C)cc3)c2)CC1. The number of benzene rings is 1. The molecule has 0 spiro atoms. The van der Waals surface area contributed by atoms with Gasteiger partial charge in [0.15, 0.2) is 0 Å². The Hall–Kier alpha value is -2.89. The normalized spacial score (nSPS) is 14.2. The zero-order valence-electron chi connectivity index (χ0n) is 15.2. The topological polar surface area (TPSA) is 65.5 Å². The van der Waals surface area contributed by atoms with Crippen LogP contribution in [0.15, 0.2) is 42.7 Å². The first-order valence-electron chi connectivity index (χ1n) is 8.82. The van der Waals surface area contributed by atoms with Gasteiger partial charge < -0.3 is 15.1 Å². The number of hydrogen-bond acceptors (Lipinski definition) is 4. The van der Waals surface area contributed by atoms with Crippen molar-refractivity contribution in [1.29, 1.82) is 0 Å². The van der Waals surface area contributed by atoms with E-state index in [9.17, 15) is 9.59 Å². The van der Waals surface area contributed by atoms with Gasteiger partial charge in [0.1, 0.15) is 0 Å². The third-order valence-electron chi connectivity index (χ3n) is 4.61. The van der Waals surface area contributed by atoms with E-state index in [2.05, 4.69) is 41.5 Å². The van der Waals surface area contributed by atoms with Crippen molar-refractivity contribution in [2.45, 2.75) is 20.4 Å². The molecular formula is C20H24N4O2. The minimum atomic E-state index is -0.0420. The number of carbonyl (C=O) groups excluding carboxylic acids is 2. The highest BCUT2D eigenvalue weighted by Crippen LogP contribution is 2.14. The molecule has 0 atom stereocenters. The molecule has 1 aromatic carbocycles. The van der Waals surface area contributed by atoms with Crippen LogP contribution in [0.2, 0.25) is 0 Å². The van der Waals surface area contributed by atoms with E-state index in [0.29, 0.717) is 38.3 Å². The standard InChI is InChI=1S/C20H24N4O2/c1-15-3-5-17(6-4-15)12-22-19-11-18(13-21-14-19)20(26)24-9-7-23(8-10-24)16(2)25/h3-6,11,13-14,22H,7-10,12H2,1-2H3. The molecular weight excluding hydrogens is 328 g/mol. The molecule has 0 bridgehead atoms. The van der Waals surface area contributed by atoms with Gasteiger partial charge in [-0.05, 0) is 18.6 Å². The molecule has 1 N–H and O–H groups in total. The smallest absolute Gasteiger partial charge is 0.255 e. The summed E-state index contributed by atoms with van der Waals surface area (Å²) in [6, 6.07) is 10.2. The van der Waals surface area contributed by atoms with Crippen LogP contribution in [0.1, 0.15) is 28.4 Å². The van der Waals surface area contributed by atoms with Gasteiger partial charge in [-0.1, -0.05) is 29.8 Å². The van der Waals surface area contributed by atoms with Crippen molar-refractivity contribution in [3.8, 4) is 0 Å². The van der Waals surface area contributed by atoms with Gasteiger partial charge in [0, 0.05) is 52.0 Å². The second kappa shape index (κ2) is 7.99. The molecule has 2 heterocycles. The van der Waals surface area contributed by atoms with Gasteiger partial charge in [0.05, 0.1) is 11.3 Å². The first-order valence-corrected chi connectivity index (χ1v) is 8.82. The van der Waals surface area contributed by atoms with Crippen LogP contribution in [0, 0.1) is 6.92 Å². The molecule has 6 nitrogen and oxygen atoms in total. The van der Waals surface area contributed by atoms with Crippen LogP contribution in [0.5, 0.6) is 0 Å². The molecule has 2 aromatic rings. The Morgan fingerprint density at radius 2 is 1.69 bits per heavy atom. The lowest BCUT2D eigenvalue weighted by molar-refractivity contribution is -0.130. The van der Waals surface area contributed by atoms with E-state index in [4.69, 9.17) is 0 Å². The molecule has 6 heteroatoms. The summed E-state index contributed by atoms with van der Waals surface area (Å²) in [5.41, 5.74) is 3.79. The fourth-order valence-electron chi connectivity index (χ4n) is 2.97. The number of nitrogens with zero attached hydrogens (tertiary/aromatic N) is 3. The molecule has 1 aliphatic heterocycles. The maximum atomic E-state index is 12.7. The Balaban J connectivity index is 1.60. The number of amides is 2. The Bertz CT molecular complexity index is 781. The molecule has 2 amide bonds. The zero-order chi connectivity index (χ0) is 18.5. The largest absolute Gasteiger partial charge is 0.380 e. The lowest BCUT2D eigenvalue weighted by atomic mass is 10.1. The van der Waals surface area contributed by atoms with Gasteiger partial charge in [-0.15, -0.1) is 0 Å². The summed E-state index contributed by atoms with van der Waals surface area (Å²) < 4.78 is 0. The van der Waals surface area contributed by atoms with E-state index in [1.54, 1.807) is 29.1 Å². The van der Waals surface area contributed by atoms with Crippen molar-refractivity contribution in [2.75, 3.05) is 31.5 Å². The Morgan fingerprint density at radius 1 is 1.04 bits per heavy atom. The highest BCUT2D eigenvalue weighted by atomic mass is 16.2. The van der Waals surface area contributed by atoms with E-state index in [-0.39, 0.29) is 11.8 Å². The first-order chi connectivity index (χ1) is 12.5.